The standard InChI is InChI=1S/C16H22FN3O/c1-3-14(11-18)20-9-7-19(8-10-20)12-13-5-4-6-15(21-2)16(13)17/h4-6,14H,3,7-10,12H2,1-2H3. The molecule has 1 aromatic rings. The van der Waals surface area contributed by atoms with Crippen LogP contribution in [0.25, 0.3) is 0 Å². The molecule has 1 unspecified atom stereocenters. The highest BCUT2D eigenvalue weighted by atomic mass is 19.1. The summed E-state index contributed by atoms with van der Waals surface area (Å²) in [6, 6.07) is 7.59. The lowest BCUT2D eigenvalue weighted by Crippen LogP contribution is -2.49. The molecule has 1 fully saturated rings. The van der Waals surface area contributed by atoms with Crippen LogP contribution in [0.3, 0.4) is 0 Å². The third-order valence-electron chi connectivity index (χ3n) is 4.04. The van der Waals surface area contributed by atoms with Gasteiger partial charge in [-0.2, -0.15) is 5.26 Å². The van der Waals surface area contributed by atoms with Gasteiger partial charge in [-0.15, -0.1) is 0 Å². The Morgan fingerprint density at radius 3 is 2.62 bits per heavy atom. The second kappa shape index (κ2) is 7.39. The van der Waals surface area contributed by atoms with Crippen molar-refractivity contribution in [1.29, 1.82) is 5.26 Å². The van der Waals surface area contributed by atoms with Crippen LogP contribution in [-0.2, 0) is 6.54 Å². The summed E-state index contributed by atoms with van der Waals surface area (Å²) in [6.07, 6.45) is 0.848. The molecule has 114 valence electrons. The van der Waals surface area contributed by atoms with E-state index in [-0.39, 0.29) is 11.9 Å². The number of nitrogens with zero attached hydrogens (tertiary/aromatic N) is 3. The summed E-state index contributed by atoms with van der Waals surface area (Å²) in [5.41, 5.74) is 0.662. The van der Waals surface area contributed by atoms with Crippen molar-refractivity contribution in [2.45, 2.75) is 25.9 Å². The van der Waals surface area contributed by atoms with Crippen molar-refractivity contribution in [3.05, 3.63) is 29.6 Å². The number of ether oxygens (including phenoxy) is 1. The van der Waals surface area contributed by atoms with Crippen LogP contribution >= 0.6 is 0 Å². The lowest BCUT2D eigenvalue weighted by molar-refractivity contribution is 0.107. The van der Waals surface area contributed by atoms with Gasteiger partial charge in [0, 0.05) is 38.3 Å². The monoisotopic (exact) mass is 291 g/mol. The molecule has 21 heavy (non-hydrogen) atoms. The van der Waals surface area contributed by atoms with E-state index < -0.39 is 0 Å². The van der Waals surface area contributed by atoms with Crippen molar-refractivity contribution in [2.24, 2.45) is 0 Å². The topological polar surface area (TPSA) is 39.5 Å². The molecule has 1 aromatic carbocycles. The highest BCUT2D eigenvalue weighted by molar-refractivity contribution is 5.31. The van der Waals surface area contributed by atoms with Gasteiger partial charge in [-0.05, 0) is 12.5 Å². The Labute approximate surface area is 125 Å². The van der Waals surface area contributed by atoms with E-state index in [1.807, 2.05) is 13.0 Å². The fourth-order valence-corrected chi connectivity index (χ4v) is 2.74. The van der Waals surface area contributed by atoms with Crippen LogP contribution in [0.2, 0.25) is 0 Å². The summed E-state index contributed by atoms with van der Waals surface area (Å²) in [7, 11) is 1.48. The van der Waals surface area contributed by atoms with Crippen molar-refractivity contribution in [3.8, 4) is 11.8 Å². The van der Waals surface area contributed by atoms with E-state index in [4.69, 9.17) is 10.00 Å². The molecular formula is C16H22FN3O. The van der Waals surface area contributed by atoms with Crippen molar-refractivity contribution >= 4 is 0 Å². The molecule has 1 saturated heterocycles. The van der Waals surface area contributed by atoms with Gasteiger partial charge in [0.15, 0.2) is 11.6 Å². The minimum absolute atomic E-state index is 0.000653. The fraction of sp³-hybridized carbons (Fsp3) is 0.562. The molecule has 0 spiro atoms. The van der Waals surface area contributed by atoms with Gasteiger partial charge in [0.2, 0.25) is 0 Å². The molecule has 0 aliphatic carbocycles. The predicted molar refractivity (Wildman–Crippen MR) is 79.5 cm³/mol. The minimum Gasteiger partial charge on any atom is -0.494 e. The van der Waals surface area contributed by atoms with E-state index in [1.165, 1.54) is 7.11 Å². The molecule has 0 N–H and O–H groups in total. The molecule has 1 aliphatic rings. The molecule has 0 radical (unpaired) electrons. The number of benzene rings is 1. The average Bonchev–Trinajstić information content (AvgIpc) is 2.52. The Morgan fingerprint density at radius 1 is 1.33 bits per heavy atom. The Bertz CT molecular complexity index is 507. The SMILES string of the molecule is CCC(C#N)N1CCN(Cc2cccc(OC)c2F)CC1. The molecule has 0 amide bonds. The van der Waals surface area contributed by atoms with Crippen molar-refractivity contribution < 1.29 is 9.13 Å². The van der Waals surface area contributed by atoms with Gasteiger partial charge < -0.3 is 4.74 Å². The van der Waals surface area contributed by atoms with Crippen LogP contribution < -0.4 is 4.74 Å². The number of methoxy groups -OCH3 is 1. The van der Waals surface area contributed by atoms with Gasteiger partial charge in [0.1, 0.15) is 0 Å². The largest absolute Gasteiger partial charge is 0.494 e. The zero-order chi connectivity index (χ0) is 15.2. The van der Waals surface area contributed by atoms with Gasteiger partial charge in [0.05, 0.1) is 19.2 Å². The quantitative estimate of drug-likeness (QED) is 0.834. The number of rotatable bonds is 5. The molecule has 0 bridgehead atoms. The highest BCUT2D eigenvalue weighted by Crippen LogP contribution is 2.21. The third-order valence-corrected chi connectivity index (χ3v) is 4.04. The number of hydrogen-bond acceptors (Lipinski definition) is 4. The molecule has 0 aromatic heterocycles. The second-order valence-electron chi connectivity index (χ2n) is 5.30. The van der Waals surface area contributed by atoms with Crippen molar-refractivity contribution in [3.63, 3.8) is 0 Å². The Hall–Kier alpha value is -1.64. The normalized spacial score (nSPS) is 18.2. The summed E-state index contributed by atoms with van der Waals surface area (Å²) in [5, 5.41) is 9.10. The smallest absolute Gasteiger partial charge is 0.169 e. The summed E-state index contributed by atoms with van der Waals surface area (Å²) < 4.78 is 19.2. The lowest BCUT2D eigenvalue weighted by atomic mass is 10.1. The van der Waals surface area contributed by atoms with Gasteiger partial charge in [0.25, 0.3) is 0 Å². The maximum Gasteiger partial charge on any atom is 0.169 e. The number of halogens is 1. The van der Waals surface area contributed by atoms with Crippen LogP contribution in [0.5, 0.6) is 5.75 Å². The summed E-state index contributed by atoms with van der Waals surface area (Å²) in [6.45, 7) is 6.05. The lowest BCUT2D eigenvalue weighted by Gasteiger charge is -2.36. The summed E-state index contributed by atoms with van der Waals surface area (Å²) >= 11 is 0. The van der Waals surface area contributed by atoms with Crippen LogP contribution in [0.15, 0.2) is 18.2 Å². The third kappa shape index (κ3) is 3.72. The second-order valence-corrected chi connectivity index (χ2v) is 5.30. The van der Waals surface area contributed by atoms with Crippen LogP contribution in [-0.4, -0.2) is 49.1 Å². The predicted octanol–water partition coefficient (Wildman–Crippen LogP) is 2.25. The maximum atomic E-state index is 14.1. The molecule has 2 rings (SSSR count). The van der Waals surface area contributed by atoms with Crippen molar-refractivity contribution in [1.82, 2.24) is 9.80 Å². The van der Waals surface area contributed by atoms with E-state index in [2.05, 4.69) is 15.9 Å². The maximum absolute atomic E-state index is 14.1. The molecular weight excluding hydrogens is 269 g/mol. The number of nitriles is 1. The molecule has 1 atom stereocenters. The van der Waals surface area contributed by atoms with Gasteiger partial charge in [-0.1, -0.05) is 19.1 Å². The van der Waals surface area contributed by atoms with E-state index >= 15 is 0 Å². The Kier molecular flexibility index (Phi) is 5.54. The Morgan fingerprint density at radius 2 is 2.05 bits per heavy atom. The van der Waals surface area contributed by atoms with Gasteiger partial charge in [-0.25, -0.2) is 4.39 Å². The zero-order valence-electron chi connectivity index (χ0n) is 12.7. The fourth-order valence-electron chi connectivity index (χ4n) is 2.74. The summed E-state index contributed by atoms with van der Waals surface area (Å²) in [5.74, 6) is 0.0209. The average molecular weight is 291 g/mol. The first-order valence-corrected chi connectivity index (χ1v) is 7.37. The number of piperazine rings is 1. The van der Waals surface area contributed by atoms with Crippen LogP contribution in [0.4, 0.5) is 4.39 Å². The molecule has 0 saturated carbocycles. The zero-order valence-corrected chi connectivity index (χ0v) is 12.7. The summed E-state index contributed by atoms with van der Waals surface area (Å²) in [4.78, 5) is 4.43. The molecule has 1 aliphatic heterocycles. The minimum atomic E-state index is -0.272. The highest BCUT2D eigenvalue weighted by Gasteiger charge is 2.23. The Balaban J connectivity index is 1.94. The van der Waals surface area contributed by atoms with E-state index in [0.29, 0.717) is 17.9 Å². The number of hydrogen-bond donors (Lipinski definition) is 0. The van der Waals surface area contributed by atoms with Crippen molar-refractivity contribution in [2.75, 3.05) is 33.3 Å². The first-order valence-electron chi connectivity index (χ1n) is 7.37. The first kappa shape index (κ1) is 15.7. The van der Waals surface area contributed by atoms with Gasteiger partial charge in [-0.3, -0.25) is 9.80 Å². The molecule has 1 heterocycles. The first-order chi connectivity index (χ1) is 10.2. The molecule has 5 heteroatoms. The van der Waals surface area contributed by atoms with Crippen LogP contribution in [0, 0.1) is 17.1 Å². The molecule has 4 nitrogen and oxygen atoms in total. The van der Waals surface area contributed by atoms with E-state index in [0.717, 1.165) is 32.6 Å². The van der Waals surface area contributed by atoms with E-state index in [1.54, 1.807) is 12.1 Å². The van der Waals surface area contributed by atoms with Gasteiger partial charge >= 0.3 is 0 Å². The van der Waals surface area contributed by atoms with E-state index in [9.17, 15) is 4.39 Å². The van der Waals surface area contributed by atoms with Crippen LogP contribution in [0.1, 0.15) is 18.9 Å².